The van der Waals surface area contributed by atoms with E-state index >= 15 is 0 Å². The molecule has 7 nitrogen and oxygen atoms in total. The average Bonchev–Trinajstić information content (AvgIpc) is 3.34. The van der Waals surface area contributed by atoms with Crippen molar-refractivity contribution in [2.75, 3.05) is 36.1 Å². The summed E-state index contributed by atoms with van der Waals surface area (Å²) in [5.41, 5.74) is 3.78. The standard InChI is InChI=1S/C25H21FN6O/c26-21-5-4-16(11-27)10-17(21)13-31-14-18-15-33-9-8-32(18)25-23(31)12-29-24(30-25)20-2-1-3-22-19(20)6-7-28-22/h1-7,10,12,18,28H,8-9,13-15H2. The summed E-state index contributed by atoms with van der Waals surface area (Å²) in [6, 6.07) is 14.7. The van der Waals surface area contributed by atoms with Crippen LogP contribution in [0.1, 0.15) is 11.1 Å². The third-order valence-corrected chi connectivity index (χ3v) is 6.39. The van der Waals surface area contributed by atoms with Gasteiger partial charge in [0.05, 0.1) is 42.8 Å². The van der Waals surface area contributed by atoms with E-state index in [1.165, 1.54) is 12.1 Å². The van der Waals surface area contributed by atoms with Gasteiger partial charge in [-0.1, -0.05) is 12.1 Å². The Kier molecular flexibility index (Phi) is 4.70. The highest BCUT2D eigenvalue weighted by Gasteiger charge is 2.35. The van der Waals surface area contributed by atoms with Crippen LogP contribution >= 0.6 is 0 Å². The second kappa shape index (κ2) is 7.87. The summed E-state index contributed by atoms with van der Waals surface area (Å²) < 4.78 is 20.3. The number of anilines is 2. The van der Waals surface area contributed by atoms with E-state index in [0.29, 0.717) is 43.3 Å². The SMILES string of the molecule is N#Cc1ccc(F)c(CN2CC3COCCN3c3nc(-c4cccc5[nH]ccc45)ncc32)c1. The number of aromatic amines is 1. The van der Waals surface area contributed by atoms with E-state index in [9.17, 15) is 9.65 Å². The van der Waals surface area contributed by atoms with Crippen LogP contribution in [0.2, 0.25) is 0 Å². The fourth-order valence-electron chi connectivity index (χ4n) is 4.77. The highest BCUT2D eigenvalue weighted by atomic mass is 19.1. The van der Waals surface area contributed by atoms with Gasteiger partial charge in [-0.3, -0.25) is 0 Å². The van der Waals surface area contributed by atoms with Crippen molar-refractivity contribution in [3.8, 4) is 17.5 Å². The number of ether oxygens (including phenoxy) is 1. The largest absolute Gasteiger partial charge is 0.377 e. The minimum atomic E-state index is -0.324. The molecule has 1 N–H and O–H groups in total. The van der Waals surface area contributed by atoms with Crippen LogP contribution in [-0.4, -0.2) is 47.3 Å². The first-order valence-corrected chi connectivity index (χ1v) is 10.9. The van der Waals surface area contributed by atoms with Gasteiger partial charge in [-0.15, -0.1) is 0 Å². The third kappa shape index (κ3) is 3.38. The smallest absolute Gasteiger partial charge is 0.162 e. The fourth-order valence-corrected chi connectivity index (χ4v) is 4.77. The van der Waals surface area contributed by atoms with Gasteiger partial charge in [0.1, 0.15) is 5.82 Å². The molecule has 4 aromatic rings. The first-order valence-electron chi connectivity index (χ1n) is 10.9. The van der Waals surface area contributed by atoms with E-state index in [1.54, 1.807) is 6.07 Å². The summed E-state index contributed by atoms with van der Waals surface area (Å²) in [5.74, 6) is 1.17. The molecule has 0 spiro atoms. The number of benzene rings is 2. The van der Waals surface area contributed by atoms with E-state index in [2.05, 4.69) is 20.9 Å². The summed E-state index contributed by atoms with van der Waals surface area (Å²) in [7, 11) is 0. The Bertz CT molecular complexity index is 1390. The molecule has 33 heavy (non-hydrogen) atoms. The summed E-state index contributed by atoms with van der Waals surface area (Å²) in [6.07, 6.45) is 3.75. The topological polar surface area (TPSA) is 81.1 Å². The number of morpholine rings is 1. The molecular weight excluding hydrogens is 419 g/mol. The van der Waals surface area contributed by atoms with Crippen molar-refractivity contribution in [3.63, 3.8) is 0 Å². The molecule has 2 aliphatic rings. The Morgan fingerprint density at radius 1 is 1.24 bits per heavy atom. The minimum absolute atomic E-state index is 0.110. The molecule has 2 aromatic heterocycles. The van der Waals surface area contributed by atoms with Crippen LogP contribution in [0, 0.1) is 17.1 Å². The lowest BCUT2D eigenvalue weighted by atomic mass is 10.1. The molecule has 6 rings (SSSR count). The number of hydrogen-bond acceptors (Lipinski definition) is 6. The Hall–Kier alpha value is -3.96. The average molecular weight is 440 g/mol. The lowest BCUT2D eigenvalue weighted by Gasteiger charge is -2.45. The monoisotopic (exact) mass is 440 g/mol. The number of nitrogens with one attached hydrogen (secondary N) is 1. The van der Waals surface area contributed by atoms with Crippen LogP contribution < -0.4 is 9.80 Å². The Morgan fingerprint density at radius 2 is 2.18 bits per heavy atom. The summed E-state index contributed by atoms with van der Waals surface area (Å²) in [6.45, 7) is 2.97. The molecule has 2 aromatic carbocycles. The third-order valence-electron chi connectivity index (χ3n) is 6.39. The normalized spacial score (nSPS) is 17.5. The van der Waals surface area contributed by atoms with E-state index in [-0.39, 0.29) is 11.9 Å². The molecule has 0 amide bonds. The molecule has 2 aliphatic heterocycles. The molecule has 1 fully saturated rings. The van der Waals surface area contributed by atoms with Crippen molar-refractivity contribution in [1.82, 2.24) is 15.0 Å². The number of nitrogens with zero attached hydrogens (tertiary/aromatic N) is 5. The van der Waals surface area contributed by atoms with Gasteiger partial charge in [0.25, 0.3) is 0 Å². The Labute approximate surface area is 190 Å². The second-order valence-electron chi connectivity index (χ2n) is 8.37. The summed E-state index contributed by atoms with van der Waals surface area (Å²) in [5, 5.41) is 10.3. The lowest BCUT2D eigenvalue weighted by molar-refractivity contribution is 0.0936. The van der Waals surface area contributed by atoms with Gasteiger partial charge < -0.3 is 19.5 Å². The number of nitriles is 1. The van der Waals surface area contributed by atoms with Crippen molar-refractivity contribution < 1.29 is 9.13 Å². The molecule has 0 aliphatic carbocycles. The summed E-state index contributed by atoms with van der Waals surface area (Å²) >= 11 is 0. The van der Waals surface area contributed by atoms with Gasteiger partial charge in [-0.25, -0.2) is 14.4 Å². The molecule has 164 valence electrons. The van der Waals surface area contributed by atoms with Gasteiger partial charge in [-0.05, 0) is 30.3 Å². The Morgan fingerprint density at radius 3 is 3.09 bits per heavy atom. The first kappa shape index (κ1) is 19.7. The Balaban J connectivity index is 1.44. The zero-order chi connectivity index (χ0) is 22.4. The zero-order valence-electron chi connectivity index (χ0n) is 17.8. The second-order valence-corrected chi connectivity index (χ2v) is 8.37. The highest BCUT2D eigenvalue weighted by Crippen LogP contribution is 2.37. The van der Waals surface area contributed by atoms with Crippen molar-refractivity contribution in [3.05, 3.63) is 71.8 Å². The molecular formula is C25H21FN6O. The van der Waals surface area contributed by atoms with Crippen molar-refractivity contribution >= 4 is 22.4 Å². The number of fused-ring (bicyclic) bond motifs is 4. The zero-order valence-corrected chi connectivity index (χ0v) is 17.8. The van der Waals surface area contributed by atoms with Crippen LogP contribution in [0.5, 0.6) is 0 Å². The maximum atomic E-state index is 14.6. The quantitative estimate of drug-likeness (QED) is 0.521. The molecule has 1 unspecified atom stereocenters. The van der Waals surface area contributed by atoms with Crippen molar-refractivity contribution in [2.45, 2.75) is 12.6 Å². The number of rotatable bonds is 3. The predicted octanol–water partition coefficient (Wildman–Crippen LogP) is 3.86. The van der Waals surface area contributed by atoms with Gasteiger partial charge in [-0.2, -0.15) is 5.26 Å². The van der Waals surface area contributed by atoms with Crippen LogP contribution in [0.15, 0.2) is 54.9 Å². The summed E-state index contributed by atoms with van der Waals surface area (Å²) in [4.78, 5) is 17.3. The molecule has 0 radical (unpaired) electrons. The molecule has 0 saturated carbocycles. The van der Waals surface area contributed by atoms with Crippen LogP contribution in [0.4, 0.5) is 15.9 Å². The van der Waals surface area contributed by atoms with Crippen LogP contribution in [0.25, 0.3) is 22.3 Å². The fraction of sp³-hybridized carbons (Fsp3) is 0.240. The highest BCUT2D eigenvalue weighted by molar-refractivity contribution is 5.93. The van der Waals surface area contributed by atoms with Crippen molar-refractivity contribution in [1.29, 1.82) is 5.26 Å². The van der Waals surface area contributed by atoms with Crippen LogP contribution in [0.3, 0.4) is 0 Å². The van der Waals surface area contributed by atoms with Crippen molar-refractivity contribution in [2.24, 2.45) is 0 Å². The number of hydrogen-bond donors (Lipinski definition) is 1. The van der Waals surface area contributed by atoms with Gasteiger partial charge in [0.2, 0.25) is 0 Å². The van der Waals surface area contributed by atoms with Gasteiger partial charge in [0.15, 0.2) is 11.6 Å². The molecule has 1 atom stereocenters. The predicted molar refractivity (Wildman–Crippen MR) is 123 cm³/mol. The first-order chi connectivity index (χ1) is 16.2. The number of halogens is 1. The van der Waals surface area contributed by atoms with E-state index < -0.39 is 0 Å². The number of aromatic nitrogens is 3. The minimum Gasteiger partial charge on any atom is -0.377 e. The molecule has 4 heterocycles. The van der Waals surface area contributed by atoms with E-state index in [1.807, 2.05) is 36.7 Å². The van der Waals surface area contributed by atoms with Gasteiger partial charge in [0, 0.05) is 47.9 Å². The molecule has 8 heteroatoms. The van der Waals surface area contributed by atoms with Gasteiger partial charge >= 0.3 is 0 Å². The number of H-pyrrole nitrogens is 1. The van der Waals surface area contributed by atoms with E-state index in [4.69, 9.17) is 14.7 Å². The van der Waals surface area contributed by atoms with Crippen LogP contribution in [-0.2, 0) is 11.3 Å². The van der Waals surface area contributed by atoms with E-state index in [0.717, 1.165) is 34.5 Å². The molecule has 1 saturated heterocycles. The lowest BCUT2D eigenvalue weighted by Crippen LogP contribution is -2.55. The maximum absolute atomic E-state index is 14.6. The maximum Gasteiger partial charge on any atom is 0.162 e. The molecule has 0 bridgehead atoms.